The van der Waals surface area contributed by atoms with E-state index in [4.69, 9.17) is 5.73 Å². The molecule has 1 atom stereocenters. The highest BCUT2D eigenvalue weighted by Gasteiger charge is 2.32. The number of nitrogens with two attached hydrogens (primary N) is 1. The van der Waals surface area contributed by atoms with Gasteiger partial charge in [-0.3, -0.25) is 4.99 Å². The van der Waals surface area contributed by atoms with Crippen molar-refractivity contribution in [2.24, 2.45) is 10.7 Å². The van der Waals surface area contributed by atoms with E-state index in [1.54, 1.807) is 6.07 Å². The van der Waals surface area contributed by atoms with Crippen LogP contribution in [0.25, 0.3) is 0 Å². The lowest BCUT2D eigenvalue weighted by Crippen LogP contribution is -2.25. The zero-order valence-corrected chi connectivity index (χ0v) is 16.2. The van der Waals surface area contributed by atoms with Crippen LogP contribution in [0.1, 0.15) is 17.2 Å². The highest BCUT2D eigenvalue weighted by molar-refractivity contribution is 14.0. The number of benzene rings is 2. The Hall–Kier alpha value is -2.01. The van der Waals surface area contributed by atoms with Gasteiger partial charge in [0.1, 0.15) is 0 Å². The second-order valence-corrected chi connectivity index (χ2v) is 5.32. The number of nitrogens with zero attached hydrogens (tertiary/aromatic N) is 1. The van der Waals surface area contributed by atoms with Crippen LogP contribution >= 0.6 is 24.0 Å². The van der Waals surface area contributed by atoms with E-state index >= 15 is 0 Å². The first-order valence-corrected chi connectivity index (χ1v) is 7.41. The molecule has 26 heavy (non-hydrogen) atoms. The number of anilines is 1. The molecular weight excluding hydrogens is 462 g/mol. The van der Waals surface area contributed by atoms with E-state index in [0.717, 1.165) is 11.6 Å². The summed E-state index contributed by atoms with van der Waals surface area (Å²) in [5, 5.41) is 12.6. The predicted octanol–water partition coefficient (Wildman–Crippen LogP) is 3.97. The smallest absolute Gasteiger partial charge is 0.404 e. The lowest BCUT2D eigenvalue weighted by atomic mass is 10.1. The molecule has 0 bridgehead atoms. The average Bonchev–Trinajstić information content (AvgIpc) is 2.53. The molecule has 4 N–H and O–H groups in total. The van der Waals surface area contributed by atoms with Crippen LogP contribution < -0.4 is 15.8 Å². The number of para-hydroxylation sites is 2. The summed E-state index contributed by atoms with van der Waals surface area (Å²) in [6.07, 6.45) is -5.69. The highest BCUT2D eigenvalue weighted by atomic mass is 127. The van der Waals surface area contributed by atoms with Gasteiger partial charge >= 0.3 is 6.36 Å². The number of nitrogens with one attached hydrogen (secondary N) is 1. The molecule has 0 spiro atoms. The molecule has 0 saturated heterocycles. The van der Waals surface area contributed by atoms with Crippen molar-refractivity contribution in [1.29, 1.82) is 0 Å². The molecule has 9 heteroatoms. The van der Waals surface area contributed by atoms with Crippen LogP contribution in [-0.4, -0.2) is 24.0 Å². The maximum absolute atomic E-state index is 12.4. The number of alkyl halides is 3. The SMILES string of the molecule is Cc1cccc(C(O)CN=C(N)Nc2ccccc2OC(F)(F)F)c1.I. The van der Waals surface area contributed by atoms with E-state index in [0.29, 0.717) is 5.56 Å². The number of ether oxygens (including phenoxy) is 1. The van der Waals surface area contributed by atoms with Gasteiger partial charge in [-0.05, 0) is 24.6 Å². The van der Waals surface area contributed by atoms with Gasteiger partial charge in [0.2, 0.25) is 0 Å². The minimum Gasteiger partial charge on any atom is -0.404 e. The predicted molar refractivity (Wildman–Crippen MR) is 105 cm³/mol. The van der Waals surface area contributed by atoms with E-state index in [-0.39, 0.29) is 42.2 Å². The third-order valence-corrected chi connectivity index (χ3v) is 3.24. The van der Waals surface area contributed by atoms with Gasteiger partial charge in [-0.25, -0.2) is 0 Å². The minimum absolute atomic E-state index is 0. The molecule has 0 saturated carbocycles. The van der Waals surface area contributed by atoms with E-state index in [1.165, 1.54) is 18.2 Å². The standard InChI is InChI=1S/C17H18F3N3O2.HI/c1-11-5-4-6-12(9-11)14(24)10-22-16(21)23-13-7-2-3-8-15(13)25-17(18,19)20;/h2-9,14,24H,10H2,1H3,(H3,21,22,23);1H. The summed E-state index contributed by atoms with van der Waals surface area (Å²) in [7, 11) is 0. The molecule has 0 heterocycles. The van der Waals surface area contributed by atoms with Crippen molar-refractivity contribution < 1.29 is 23.0 Å². The number of aliphatic hydroxyl groups excluding tert-OH is 1. The van der Waals surface area contributed by atoms with Gasteiger partial charge in [-0.15, -0.1) is 37.1 Å². The molecular formula is C17H19F3IN3O2. The summed E-state index contributed by atoms with van der Waals surface area (Å²) in [6.45, 7) is 1.86. The average molecular weight is 481 g/mol. The van der Waals surface area contributed by atoms with Crippen molar-refractivity contribution in [1.82, 2.24) is 0 Å². The Labute approximate surface area is 166 Å². The minimum atomic E-state index is -4.81. The molecule has 0 aliphatic carbocycles. The largest absolute Gasteiger partial charge is 0.573 e. The molecule has 142 valence electrons. The maximum Gasteiger partial charge on any atom is 0.573 e. The highest BCUT2D eigenvalue weighted by Crippen LogP contribution is 2.29. The van der Waals surface area contributed by atoms with Crippen LogP contribution in [0.3, 0.4) is 0 Å². The van der Waals surface area contributed by atoms with Crippen LogP contribution in [0.2, 0.25) is 0 Å². The van der Waals surface area contributed by atoms with Crippen LogP contribution in [0.4, 0.5) is 18.9 Å². The first-order chi connectivity index (χ1) is 11.7. The van der Waals surface area contributed by atoms with Gasteiger partial charge in [0.25, 0.3) is 0 Å². The normalized spacial score (nSPS) is 12.9. The molecule has 1 unspecified atom stereocenters. The summed E-state index contributed by atoms with van der Waals surface area (Å²) in [5.41, 5.74) is 7.37. The molecule has 0 aliphatic heterocycles. The Kier molecular flexibility index (Phi) is 8.15. The van der Waals surface area contributed by atoms with Crippen LogP contribution in [0, 0.1) is 6.92 Å². The quantitative estimate of drug-likeness (QED) is 0.343. The summed E-state index contributed by atoms with van der Waals surface area (Å²) < 4.78 is 41.1. The summed E-state index contributed by atoms with van der Waals surface area (Å²) in [6, 6.07) is 12.7. The van der Waals surface area contributed by atoms with Gasteiger partial charge in [-0.2, -0.15) is 0 Å². The number of aliphatic imine (C=N–C) groups is 1. The van der Waals surface area contributed by atoms with Crippen LogP contribution in [0.5, 0.6) is 5.75 Å². The number of rotatable bonds is 5. The molecule has 0 radical (unpaired) electrons. The summed E-state index contributed by atoms with van der Waals surface area (Å²) >= 11 is 0. The topological polar surface area (TPSA) is 79.9 Å². The van der Waals surface area contributed by atoms with Gasteiger partial charge in [0, 0.05) is 0 Å². The molecule has 0 aliphatic rings. The van der Waals surface area contributed by atoms with Crippen LogP contribution in [-0.2, 0) is 0 Å². The fraction of sp³-hybridized carbons (Fsp3) is 0.235. The van der Waals surface area contributed by atoms with Gasteiger partial charge in [0.15, 0.2) is 11.7 Å². The molecule has 2 rings (SSSR count). The Bertz CT molecular complexity index is 754. The van der Waals surface area contributed by atoms with Gasteiger partial charge < -0.3 is 20.9 Å². The van der Waals surface area contributed by atoms with Crippen LogP contribution in [0.15, 0.2) is 53.5 Å². The Balaban J connectivity index is 0.00000338. The number of hydrogen-bond acceptors (Lipinski definition) is 3. The second kappa shape index (κ2) is 9.62. The van der Waals surface area contributed by atoms with Crippen molar-refractivity contribution >= 4 is 35.6 Å². The third-order valence-electron chi connectivity index (χ3n) is 3.24. The molecule has 0 fully saturated rings. The van der Waals surface area contributed by atoms with Crippen molar-refractivity contribution in [2.45, 2.75) is 19.4 Å². The molecule has 5 nitrogen and oxygen atoms in total. The monoisotopic (exact) mass is 481 g/mol. The molecule has 0 aromatic heterocycles. The lowest BCUT2D eigenvalue weighted by molar-refractivity contribution is -0.274. The van der Waals surface area contributed by atoms with E-state index in [9.17, 15) is 18.3 Å². The first-order valence-electron chi connectivity index (χ1n) is 7.41. The third kappa shape index (κ3) is 7.08. The van der Waals surface area contributed by atoms with E-state index < -0.39 is 18.2 Å². The van der Waals surface area contributed by atoms with Crippen molar-refractivity contribution in [3.8, 4) is 5.75 Å². The number of aryl methyl sites for hydroxylation is 1. The number of guanidine groups is 1. The summed E-state index contributed by atoms with van der Waals surface area (Å²) in [4.78, 5) is 3.96. The number of halogens is 4. The second-order valence-electron chi connectivity index (χ2n) is 5.32. The number of hydrogen-bond donors (Lipinski definition) is 3. The fourth-order valence-corrected chi connectivity index (χ4v) is 2.13. The zero-order chi connectivity index (χ0) is 18.4. The van der Waals surface area contributed by atoms with Crippen molar-refractivity contribution in [3.05, 3.63) is 59.7 Å². The van der Waals surface area contributed by atoms with Gasteiger partial charge in [-0.1, -0.05) is 42.0 Å². The maximum atomic E-state index is 12.4. The Morgan fingerprint density at radius 2 is 1.92 bits per heavy atom. The Morgan fingerprint density at radius 1 is 1.23 bits per heavy atom. The first kappa shape index (κ1) is 22.0. The fourth-order valence-electron chi connectivity index (χ4n) is 2.13. The van der Waals surface area contributed by atoms with Gasteiger partial charge in [0.05, 0.1) is 18.3 Å². The van der Waals surface area contributed by atoms with Crippen molar-refractivity contribution in [3.63, 3.8) is 0 Å². The zero-order valence-electron chi connectivity index (χ0n) is 13.8. The molecule has 2 aromatic carbocycles. The number of aliphatic hydroxyl groups is 1. The lowest BCUT2D eigenvalue weighted by Gasteiger charge is -2.14. The van der Waals surface area contributed by atoms with E-state index in [1.807, 2.05) is 25.1 Å². The Morgan fingerprint density at radius 3 is 2.58 bits per heavy atom. The van der Waals surface area contributed by atoms with Crippen molar-refractivity contribution in [2.75, 3.05) is 11.9 Å². The van der Waals surface area contributed by atoms with E-state index in [2.05, 4.69) is 15.0 Å². The molecule has 2 aromatic rings. The summed E-state index contributed by atoms with van der Waals surface area (Å²) in [5.74, 6) is -0.558. The molecule has 0 amide bonds.